The highest BCUT2D eigenvalue weighted by molar-refractivity contribution is 5.85. The Balaban J connectivity index is 0.00000264. The first-order chi connectivity index (χ1) is 10.6. The Morgan fingerprint density at radius 2 is 2.13 bits per heavy atom. The number of amides is 1. The third kappa shape index (κ3) is 5.63. The van der Waals surface area contributed by atoms with Crippen LogP contribution in [0.2, 0.25) is 0 Å². The van der Waals surface area contributed by atoms with E-state index in [1.54, 1.807) is 12.1 Å². The molecule has 1 aromatic heterocycles. The summed E-state index contributed by atoms with van der Waals surface area (Å²) in [5.74, 6) is -0.174. The summed E-state index contributed by atoms with van der Waals surface area (Å²) in [6.07, 6.45) is 2.02. The number of carbonyl (C=O) groups is 1. The Kier molecular flexibility index (Phi) is 7.67. The Morgan fingerprint density at radius 1 is 1.43 bits per heavy atom. The lowest BCUT2D eigenvalue weighted by molar-refractivity contribution is -0.123. The molecule has 3 N–H and O–H groups in total. The van der Waals surface area contributed by atoms with E-state index in [2.05, 4.69) is 10.3 Å². The topological polar surface area (TPSA) is 90.4 Å². The van der Waals surface area contributed by atoms with Gasteiger partial charge in [0.05, 0.1) is 12.3 Å². The van der Waals surface area contributed by atoms with E-state index in [-0.39, 0.29) is 30.7 Å². The molecule has 23 heavy (non-hydrogen) atoms. The molecule has 1 atom stereocenters. The van der Waals surface area contributed by atoms with Gasteiger partial charge in [-0.1, -0.05) is 0 Å². The van der Waals surface area contributed by atoms with Crippen molar-refractivity contribution in [3.8, 4) is 11.5 Å². The molecule has 2 rings (SSSR count). The number of aromatic nitrogens is 1. The summed E-state index contributed by atoms with van der Waals surface area (Å²) in [4.78, 5) is 15.9. The van der Waals surface area contributed by atoms with Crippen LogP contribution in [-0.4, -0.2) is 37.2 Å². The summed E-state index contributed by atoms with van der Waals surface area (Å²) in [6.45, 7) is 0.566. The third-order valence-electron chi connectivity index (χ3n) is 3.01. The minimum absolute atomic E-state index is 0. The molecule has 6 nitrogen and oxygen atoms in total. The quantitative estimate of drug-likeness (QED) is 0.795. The standard InChI is InChI=1S/C15H18FN3O3.ClH/c1-21-9-13(17)14(20)18-7-6-12-8-22-15(19-12)10-2-4-11(16)5-3-10;/h2-5,8,13H,6-7,9,17H2,1H3,(H,18,20);1H. The zero-order chi connectivity index (χ0) is 15.9. The number of methoxy groups -OCH3 is 1. The van der Waals surface area contributed by atoms with Gasteiger partial charge >= 0.3 is 0 Å². The van der Waals surface area contributed by atoms with Crippen LogP contribution in [0.25, 0.3) is 11.5 Å². The number of benzene rings is 1. The van der Waals surface area contributed by atoms with Crippen molar-refractivity contribution < 1.29 is 18.3 Å². The lowest BCUT2D eigenvalue weighted by Crippen LogP contribution is -2.44. The number of nitrogens with two attached hydrogens (primary N) is 1. The number of halogens is 2. The second-order valence-electron chi connectivity index (χ2n) is 4.75. The van der Waals surface area contributed by atoms with Crippen LogP contribution >= 0.6 is 12.4 Å². The third-order valence-corrected chi connectivity index (χ3v) is 3.01. The Labute approximate surface area is 139 Å². The number of nitrogens with one attached hydrogen (secondary N) is 1. The first-order valence-electron chi connectivity index (χ1n) is 6.82. The molecule has 1 heterocycles. The van der Waals surface area contributed by atoms with Gasteiger partial charge in [-0.15, -0.1) is 12.4 Å². The Hall–Kier alpha value is -1.96. The molecule has 0 saturated heterocycles. The van der Waals surface area contributed by atoms with Crippen LogP contribution in [0.4, 0.5) is 4.39 Å². The average Bonchev–Trinajstić information content (AvgIpc) is 2.97. The van der Waals surface area contributed by atoms with E-state index in [9.17, 15) is 9.18 Å². The van der Waals surface area contributed by atoms with Crippen LogP contribution in [0, 0.1) is 5.82 Å². The average molecular weight is 344 g/mol. The molecule has 2 aromatic rings. The van der Waals surface area contributed by atoms with Gasteiger partial charge < -0.3 is 20.2 Å². The van der Waals surface area contributed by atoms with Gasteiger partial charge in [0, 0.05) is 25.6 Å². The van der Waals surface area contributed by atoms with Gasteiger partial charge in [0.2, 0.25) is 11.8 Å². The van der Waals surface area contributed by atoms with Crippen LogP contribution < -0.4 is 11.1 Å². The molecule has 0 bridgehead atoms. The first-order valence-corrected chi connectivity index (χ1v) is 6.82. The van der Waals surface area contributed by atoms with Crippen LogP contribution in [0.15, 0.2) is 34.9 Å². The molecular weight excluding hydrogens is 325 g/mol. The molecule has 1 aromatic carbocycles. The van der Waals surface area contributed by atoms with Gasteiger partial charge in [-0.05, 0) is 24.3 Å². The maximum Gasteiger partial charge on any atom is 0.239 e. The predicted octanol–water partition coefficient (Wildman–Crippen LogP) is 1.53. The summed E-state index contributed by atoms with van der Waals surface area (Å²) >= 11 is 0. The lowest BCUT2D eigenvalue weighted by atomic mass is 10.2. The number of carbonyl (C=O) groups excluding carboxylic acids is 1. The number of hydrogen-bond donors (Lipinski definition) is 2. The van der Waals surface area contributed by atoms with Gasteiger partial charge in [-0.25, -0.2) is 9.37 Å². The molecule has 0 aliphatic heterocycles. The largest absolute Gasteiger partial charge is 0.444 e. The number of ether oxygens (including phenoxy) is 1. The van der Waals surface area contributed by atoms with E-state index in [1.807, 2.05) is 0 Å². The molecule has 0 fully saturated rings. The number of hydrogen-bond acceptors (Lipinski definition) is 5. The van der Waals surface area contributed by atoms with Gasteiger partial charge in [0.25, 0.3) is 0 Å². The highest BCUT2D eigenvalue weighted by atomic mass is 35.5. The van der Waals surface area contributed by atoms with E-state index in [0.29, 0.717) is 30.1 Å². The molecule has 0 aliphatic rings. The second kappa shape index (κ2) is 9.24. The maximum atomic E-state index is 12.9. The molecule has 0 radical (unpaired) electrons. The fourth-order valence-electron chi connectivity index (χ4n) is 1.85. The van der Waals surface area contributed by atoms with Crippen LogP contribution in [0.5, 0.6) is 0 Å². The van der Waals surface area contributed by atoms with Crippen LogP contribution in [0.3, 0.4) is 0 Å². The smallest absolute Gasteiger partial charge is 0.239 e. The first kappa shape index (κ1) is 19.1. The molecule has 0 aliphatic carbocycles. The fourth-order valence-corrected chi connectivity index (χ4v) is 1.85. The lowest BCUT2D eigenvalue weighted by Gasteiger charge is -2.10. The molecule has 126 valence electrons. The Bertz CT molecular complexity index is 619. The van der Waals surface area contributed by atoms with E-state index >= 15 is 0 Å². The van der Waals surface area contributed by atoms with Gasteiger partial charge in [-0.2, -0.15) is 0 Å². The van der Waals surface area contributed by atoms with E-state index < -0.39 is 6.04 Å². The van der Waals surface area contributed by atoms with E-state index in [1.165, 1.54) is 25.5 Å². The number of rotatable bonds is 7. The van der Waals surface area contributed by atoms with Crippen molar-refractivity contribution in [2.75, 3.05) is 20.3 Å². The van der Waals surface area contributed by atoms with Crippen molar-refractivity contribution in [3.05, 3.63) is 42.0 Å². The normalized spacial score (nSPS) is 11.6. The zero-order valence-corrected chi connectivity index (χ0v) is 13.4. The molecule has 8 heteroatoms. The van der Waals surface area contributed by atoms with Gasteiger partial charge in [0.15, 0.2) is 0 Å². The fraction of sp³-hybridized carbons (Fsp3) is 0.333. The Morgan fingerprint density at radius 3 is 2.78 bits per heavy atom. The highest BCUT2D eigenvalue weighted by Crippen LogP contribution is 2.18. The molecular formula is C15H19ClFN3O3. The van der Waals surface area contributed by atoms with Gasteiger partial charge in [0.1, 0.15) is 18.1 Å². The van der Waals surface area contributed by atoms with Crippen LogP contribution in [0.1, 0.15) is 5.69 Å². The minimum Gasteiger partial charge on any atom is -0.444 e. The van der Waals surface area contributed by atoms with Crippen molar-refractivity contribution in [2.45, 2.75) is 12.5 Å². The summed E-state index contributed by atoms with van der Waals surface area (Å²) in [5.41, 5.74) is 6.99. The molecule has 1 unspecified atom stereocenters. The molecule has 1 amide bonds. The maximum absolute atomic E-state index is 12.9. The molecule has 0 spiro atoms. The molecule has 0 saturated carbocycles. The van der Waals surface area contributed by atoms with E-state index in [4.69, 9.17) is 14.9 Å². The summed E-state index contributed by atoms with van der Waals surface area (Å²) in [6, 6.07) is 5.19. The van der Waals surface area contributed by atoms with Crippen molar-refractivity contribution in [1.29, 1.82) is 0 Å². The monoisotopic (exact) mass is 343 g/mol. The summed E-state index contributed by atoms with van der Waals surface area (Å²) in [5, 5.41) is 2.70. The van der Waals surface area contributed by atoms with E-state index in [0.717, 1.165) is 0 Å². The zero-order valence-electron chi connectivity index (χ0n) is 12.6. The summed E-state index contributed by atoms with van der Waals surface area (Å²) in [7, 11) is 1.49. The van der Waals surface area contributed by atoms with Crippen molar-refractivity contribution >= 4 is 18.3 Å². The van der Waals surface area contributed by atoms with Crippen molar-refractivity contribution in [1.82, 2.24) is 10.3 Å². The second-order valence-corrected chi connectivity index (χ2v) is 4.75. The van der Waals surface area contributed by atoms with Crippen molar-refractivity contribution in [2.24, 2.45) is 5.73 Å². The summed E-state index contributed by atoms with van der Waals surface area (Å²) < 4.78 is 23.0. The number of nitrogens with zero attached hydrogens (tertiary/aromatic N) is 1. The minimum atomic E-state index is -0.683. The highest BCUT2D eigenvalue weighted by Gasteiger charge is 2.12. The predicted molar refractivity (Wildman–Crippen MR) is 85.7 cm³/mol. The van der Waals surface area contributed by atoms with Crippen molar-refractivity contribution in [3.63, 3.8) is 0 Å². The van der Waals surface area contributed by atoms with Crippen LogP contribution in [-0.2, 0) is 16.0 Å². The van der Waals surface area contributed by atoms with Gasteiger partial charge in [-0.3, -0.25) is 4.79 Å². The number of oxazole rings is 1. The SMILES string of the molecule is COCC(N)C(=O)NCCc1coc(-c2ccc(F)cc2)n1.Cl.